The molecule has 35 heavy (non-hydrogen) atoms. The summed E-state index contributed by atoms with van der Waals surface area (Å²) in [5.41, 5.74) is 1.14. The van der Waals surface area contributed by atoms with Crippen molar-refractivity contribution in [1.82, 2.24) is 14.8 Å². The molecule has 9 nitrogen and oxygen atoms in total. The molecule has 2 saturated heterocycles. The maximum absolute atomic E-state index is 13.2. The number of amides is 1. The van der Waals surface area contributed by atoms with Crippen LogP contribution in [0.15, 0.2) is 48.3 Å². The minimum Gasteiger partial charge on any atom is -0.507 e. The van der Waals surface area contributed by atoms with Crippen molar-refractivity contribution in [3.8, 4) is 11.5 Å². The smallest absolute Gasteiger partial charge is 0.295 e. The summed E-state index contributed by atoms with van der Waals surface area (Å²) < 4.78 is 16.5. The summed E-state index contributed by atoms with van der Waals surface area (Å²) >= 11 is 0. The van der Waals surface area contributed by atoms with E-state index in [0.717, 1.165) is 19.6 Å². The van der Waals surface area contributed by atoms with Gasteiger partial charge in [-0.15, -0.1) is 0 Å². The zero-order valence-electron chi connectivity index (χ0n) is 20.1. The van der Waals surface area contributed by atoms with Crippen molar-refractivity contribution in [2.24, 2.45) is 0 Å². The van der Waals surface area contributed by atoms with Gasteiger partial charge in [-0.25, -0.2) is 0 Å². The zero-order chi connectivity index (χ0) is 24.8. The molecule has 1 aromatic heterocycles. The molecule has 0 radical (unpaired) electrons. The Morgan fingerprint density at radius 1 is 1.11 bits per heavy atom. The molecule has 0 saturated carbocycles. The maximum Gasteiger partial charge on any atom is 0.295 e. The summed E-state index contributed by atoms with van der Waals surface area (Å²) in [5.74, 6) is -0.493. The summed E-state index contributed by atoms with van der Waals surface area (Å²) in [6.07, 6.45) is 3.75. The molecule has 2 aromatic rings. The topological polar surface area (TPSA) is 101 Å². The lowest BCUT2D eigenvalue weighted by Crippen LogP contribution is -2.39. The van der Waals surface area contributed by atoms with Crippen molar-refractivity contribution >= 4 is 17.4 Å². The molecule has 4 rings (SSSR count). The second-order valence-corrected chi connectivity index (χ2v) is 8.38. The van der Waals surface area contributed by atoms with E-state index in [1.807, 2.05) is 6.92 Å². The third-order valence-corrected chi connectivity index (χ3v) is 6.27. The van der Waals surface area contributed by atoms with Crippen LogP contribution in [-0.4, -0.2) is 84.7 Å². The number of carbonyl (C=O) groups is 2. The normalized spacial score (nSPS) is 20.3. The molecule has 0 bridgehead atoms. The third kappa shape index (κ3) is 5.31. The van der Waals surface area contributed by atoms with E-state index in [0.29, 0.717) is 55.4 Å². The fourth-order valence-corrected chi connectivity index (χ4v) is 4.54. The van der Waals surface area contributed by atoms with Gasteiger partial charge in [-0.3, -0.25) is 19.5 Å². The van der Waals surface area contributed by atoms with E-state index >= 15 is 0 Å². The Kier molecular flexibility index (Phi) is 7.99. The molecule has 2 aliphatic heterocycles. The first-order valence-electron chi connectivity index (χ1n) is 11.8. The van der Waals surface area contributed by atoms with Crippen molar-refractivity contribution in [2.75, 3.05) is 53.1 Å². The Labute approximate surface area is 204 Å². The lowest BCUT2D eigenvalue weighted by Gasteiger charge is -2.29. The Balaban J connectivity index is 1.70. The number of aliphatic hydroxyl groups is 1. The second-order valence-electron chi connectivity index (χ2n) is 8.38. The Morgan fingerprint density at radius 3 is 2.54 bits per heavy atom. The number of morpholine rings is 1. The lowest BCUT2D eigenvalue weighted by atomic mass is 9.95. The van der Waals surface area contributed by atoms with Gasteiger partial charge < -0.3 is 24.2 Å². The molecule has 1 unspecified atom stereocenters. The summed E-state index contributed by atoms with van der Waals surface area (Å²) in [5, 5.41) is 11.1. The monoisotopic (exact) mass is 481 g/mol. The molecule has 0 aliphatic carbocycles. The van der Waals surface area contributed by atoms with Gasteiger partial charge in [-0.1, -0.05) is 6.07 Å². The van der Waals surface area contributed by atoms with Crippen LogP contribution in [0.1, 0.15) is 30.5 Å². The number of pyridine rings is 1. The molecular formula is C26H31N3O6. The number of hydrogen-bond donors (Lipinski definition) is 1. The summed E-state index contributed by atoms with van der Waals surface area (Å²) in [6.45, 7) is 6.60. The number of Topliss-reactive ketones (excluding diaryl/α,β-unsaturated/α-hetero) is 1. The third-order valence-electron chi connectivity index (χ3n) is 6.27. The molecule has 2 fully saturated rings. The number of ketones is 1. The molecule has 1 aromatic carbocycles. The average molecular weight is 482 g/mol. The fraction of sp³-hybridized carbons (Fsp3) is 0.423. The first-order chi connectivity index (χ1) is 17.0. The van der Waals surface area contributed by atoms with Gasteiger partial charge in [0.25, 0.3) is 11.7 Å². The first-order valence-corrected chi connectivity index (χ1v) is 11.8. The highest BCUT2D eigenvalue weighted by Gasteiger charge is 2.46. The van der Waals surface area contributed by atoms with E-state index < -0.39 is 17.7 Å². The Bertz CT molecular complexity index is 1080. The number of ether oxygens (including phenoxy) is 3. The number of aromatic nitrogens is 1. The maximum atomic E-state index is 13.2. The molecule has 1 amide bonds. The van der Waals surface area contributed by atoms with Crippen LogP contribution >= 0.6 is 0 Å². The van der Waals surface area contributed by atoms with E-state index in [1.54, 1.807) is 35.2 Å². The number of hydrogen-bond acceptors (Lipinski definition) is 8. The highest BCUT2D eigenvalue weighted by molar-refractivity contribution is 6.46. The van der Waals surface area contributed by atoms with E-state index in [9.17, 15) is 14.7 Å². The van der Waals surface area contributed by atoms with Gasteiger partial charge in [0, 0.05) is 44.1 Å². The fourth-order valence-electron chi connectivity index (χ4n) is 4.54. The van der Waals surface area contributed by atoms with E-state index in [4.69, 9.17) is 14.2 Å². The van der Waals surface area contributed by atoms with Crippen molar-refractivity contribution < 1.29 is 28.9 Å². The molecule has 1 atom stereocenters. The molecule has 2 aliphatic rings. The summed E-state index contributed by atoms with van der Waals surface area (Å²) in [4.78, 5) is 34.2. The largest absolute Gasteiger partial charge is 0.507 e. The average Bonchev–Trinajstić information content (AvgIpc) is 3.15. The number of carbonyl (C=O) groups excluding carboxylic acids is 2. The van der Waals surface area contributed by atoms with Crippen molar-refractivity contribution in [3.05, 3.63) is 59.4 Å². The molecule has 1 N–H and O–H groups in total. The number of benzene rings is 1. The van der Waals surface area contributed by atoms with E-state index in [1.165, 1.54) is 19.5 Å². The number of likely N-dealkylation sites (tertiary alicyclic amines) is 1. The number of aliphatic hydroxyl groups excluding tert-OH is 1. The second kappa shape index (κ2) is 11.3. The van der Waals surface area contributed by atoms with Crippen molar-refractivity contribution in [3.63, 3.8) is 0 Å². The molecule has 186 valence electrons. The van der Waals surface area contributed by atoms with Gasteiger partial charge >= 0.3 is 0 Å². The van der Waals surface area contributed by atoms with Crippen LogP contribution in [-0.2, 0) is 14.3 Å². The molecular weight excluding hydrogens is 450 g/mol. The number of rotatable bonds is 9. The van der Waals surface area contributed by atoms with Gasteiger partial charge in [0.2, 0.25) is 0 Å². The summed E-state index contributed by atoms with van der Waals surface area (Å²) in [6, 6.07) is 7.79. The Morgan fingerprint density at radius 2 is 1.86 bits per heavy atom. The Hall–Kier alpha value is -3.43. The number of methoxy groups -OCH3 is 1. The number of nitrogens with zero attached hydrogens (tertiary/aromatic N) is 3. The van der Waals surface area contributed by atoms with E-state index in [2.05, 4.69) is 9.88 Å². The molecule has 0 spiro atoms. The predicted molar refractivity (Wildman–Crippen MR) is 129 cm³/mol. The van der Waals surface area contributed by atoms with Crippen LogP contribution in [0.25, 0.3) is 5.76 Å². The van der Waals surface area contributed by atoms with Crippen LogP contribution in [0.4, 0.5) is 0 Å². The van der Waals surface area contributed by atoms with Crippen molar-refractivity contribution in [2.45, 2.75) is 19.4 Å². The van der Waals surface area contributed by atoms with Gasteiger partial charge in [0.05, 0.1) is 38.5 Å². The van der Waals surface area contributed by atoms with Gasteiger partial charge in [-0.2, -0.15) is 0 Å². The van der Waals surface area contributed by atoms with Gasteiger partial charge in [0.15, 0.2) is 11.5 Å². The quantitative estimate of drug-likeness (QED) is 0.331. The SMILES string of the molecule is CCOc1ccc(C2C(=C(O)c3ccncc3)C(=O)C(=O)N2CCCN2CCOCC2)cc1OC. The molecule has 9 heteroatoms. The van der Waals surface area contributed by atoms with Crippen LogP contribution in [0, 0.1) is 0 Å². The van der Waals surface area contributed by atoms with Gasteiger partial charge in [0.1, 0.15) is 5.76 Å². The van der Waals surface area contributed by atoms with Gasteiger partial charge in [-0.05, 0) is 43.2 Å². The zero-order valence-corrected chi connectivity index (χ0v) is 20.1. The first kappa shape index (κ1) is 24.7. The standard InChI is InChI=1S/C26H31N3O6/c1-3-35-20-6-5-19(17-21(20)33-2)23-22(24(30)18-7-9-27-10-8-18)25(31)26(32)29(23)12-4-11-28-13-15-34-16-14-28/h5-10,17,23,30H,3-4,11-16H2,1-2H3. The lowest BCUT2D eigenvalue weighted by molar-refractivity contribution is -0.140. The summed E-state index contributed by atoms with van der Waals surface area (Å²) in [7, 11) is 1.54. The van der Waals surface area contributed by atoms with Crippen molar-refractivity contribution in [1.29, 1.82) is 0 Å². The highest BCUT2D eigenvalue weighted by atomic mass is 16.5. The predicted octanol–water partition coefficient (Wildman–Crippen LogP) is 2.63. The molecule has 3 heterocycles. The van der Waals surface area contributed by atoms with Crippen LogP contribution < -0.4 is 9.47 Å². The highest BCUT2D eigenvalue weighted by Crippen LogP contribution is 2.42. The minimum absolute atomic E-state index is 0.0544. The van der Waals surface area contributed by atoms with E-state index in [-0.39, 0.29) is 11.3 Å². The minimum atomic E-state index is -0.752. The van der Waals surface area contributed by atoms with Crippen LogP contribution in [0.3, 0.4) is 0 Å². The van der Waals surface area contributed by atoms with Crippen LogP contribution in [0.5, 0.6) is 11.5 Å². The van der Waals surface area contributed by atoms with Crippen LogP contribution in [0.2, 0.25) is 0 Å².